The first-order chi connectivity index (χ1) is 8.16. The maximum atomic E-state index is 13.4. The first kappa shape index (κ1) is 11.1. The van der Waals surface area contributed by atoms with Gasteiger partial charge in [0.15, 0.2) is 11.6 Å². The van der Waals surface area contributed by atoms with Crippen LogP contribution in [-0.4, -0.2) is 16.2 Å². The molecule has 1 heterocycles. The van der Waals surface area contributed by atoms with Crippen molar-refractivity contribution < 1.29 is 23.6 Å². The molecule has 2 aromatic rings. The lowest BCUT2D eigenvalue weighted by Crippen LogP contribution is -2.01. The molecular weight excluding hydrogens is 229 g/mol. The summed E-state index contributed by atoms with van der Waals surface area (Å²) in [4.78, 5) is 10.6. The van der Waals surface area contributed by atoms with Gasteiger partial charge in [-0.2, -0.15) is 0 Å². The predicted molar refractivity (Wildman–Crippen MR) is 54.2 cm³/mol. The summed E-state index contributed by atoms with van der Waals surface area (Å²) in [5.74, 6) is -1.95. The van der Waals surface area contributed by atoms with Crippen LogP contribution in [0.25, 0.3) is 0 Å². The van der Waals surface area contributed by atoms with Gasteiger partial charge >= 0.3 is 5.97 Å². The molecule has 0 atom stereocenters. The molecule has 0 aliphatic carbocycles. The number of nitrogens with zero attached hydrogens (tertiary/aromatic N) is 1. The van der Waals surface area contributed by atoms with Crippen LogP contribution >= 0.6 is 0 Å². The maximum absolute atomic E-state index is 13.4. The van der Waals surface area contributed by atoms with Gasteiger partial charge in [0.25, 0.3) is 0 Å². The molecule has 2 rings (SSSR count). The zero-order valence-corrected chi connectivity index (χ0v) is 8.59. The number of ether oxygens (including phenoxy) is 1. The SMILES string of the molecule is O=C(O)c1ccc(OCc2ccon2)c(F)c1. The van der Waals surface area contributed by atoms with E-state index < -0.39 is 11.8 Å². The summed E-state index contributed by atoms with van der Waals surface area (Å²) in [5.41, 5.74) is 0.392. The lowest BCUT2D eigenvalue weighted by molar-refractivity contribution is 0.0696. The van der Waals surface area contributed by atoms with E-state index in [0.717, 1.165) is 6.07 Å². The third-order valence-corrected chi connectivity index (χ3v) is 2.05. The van der Waals surface area contributed by atoms with Gasteiger partial charge in [-0.05, 0) is 18.2 Å². The van der Waals surface area contributed by atoms with Crippen LogP contribution in [0.5, 0.6) is 5.75 Å². The molecule has 1 aromatic heterocycles. The van der Waals surface area contributed by atoms with Crippen molar-refractivity contribution in [1.82, 2.24) is 5.16 Å². The summed E-state index contributed by atoms with van der Waals surface area (Å²) in [6.45, 7) is 0.0554. The molecule has 0 bridgehead atoms. The Morgan fingerprint density at radius 2 is 2.29 bits per heavy atom. The third-order valence-electron chi connectivity index (χ3n) is 2.05. The maximum Gasteiger partial charge on any atom is 0.335 e. The Labute approximate surface area is 95.4 Å². The second-order valence-corrected chi connectivity index (χ2v) is 3.23. The van der Waals surface area contributed by atoms with E-state index in [-0.39, 0.29) is 17.9 Å². The highest BCUT2D eigenvalue weighted by Crippen LogP contribution is 2.19. The van der Waals surface area contributed by atoms with E-state index in [0.29, 0.717) is 5.69 Å². The molecule has 0 radical (unpaired) electrons. The molecule has 1 aromatic carbocycles. The lowest BCUT2D eigenvalue weighted by Gasteiger charge is -2.05. The van der Waals surface area contributed by atoms with Crippen LogP contribution in [0.15, 0.2) is 35.1 Å². The van der Waals surface area contributed by atoms with Crippen molar-refractivity contribution in [3.8, 4) is 5.75 Å². The topological polar surface area (TPSA) is 72.6 Å². The van der Waals surface area contributed by atoms with Gasteiger partial charge in [0.05, 0.1) is 5.56 Å². The van der Waals surface area contributed by atoms with E-state index in [1.54, 1.807) is 6.07 Å². The Hall–Kier alpha value is -2.37. The third kappa shape index (κ3) is 2.60. The van der Waals surface area contributed by atoms with Crippen molar-refractivity contribution in [3.05, 3.63) is 47.6 Å². The molecule has 0 aliphatic rings. The molecule has 0 aliphatic heterocycles. The summed E-state index contributed by atoms with van der Waals surface area (Å²) in [6.07, 6.45) is 1.38. The zero-order valence-electron chi connectivity index (χ0n) is 8.59. The summed E-state index contributed by atoms with van der Waals surface area (Å²) in [5, 5.41) is 12.2. The van der Waals surface area contributed by atoms with E-state index in [9.17, 15) is 9.18 Å². The van der Waals surface area contributed by atoms with Gasteiger partial charge in [0, 0.05) is 6.07 Å². The molecule has 88 valence electrons. The summed E-state index contributed by atoms with van der Waals surface area (Å²) >= 11 is 0. The van der Waals surface area contributed by atoms with E-state index in [1.165, 1.54) is 18.4 Å². The van der Waals surface area contributed by atoms with E-state index in [1.807, 2.05) is 0 Å². The number of hydrogen-bond donors (Lipinski definition) is 1. The van der Waals surface area contributed by atoms with E-state index in [4.69, 9.17) is 9.84 Å². The van der Waals surface area contributed by atoms with Crippen LogP contribution in [0, 0.1) is 5.82 Å². The second-order valence-electron chi connectivity index (χ2n) is 3.23. The predicted octanol–water partition coefficient (Wildman–Crippen LogP) is 2.09. The summed E-state index contributed by atoms with van der Waals surface area (Å²) in [7, 11) is 0. The van der Waals surface area contributed by atoms with Crippen molar-refractivity contribution in [2.24, 2.45) is 0 Å². The molecular formula is C11H8FNO4. The Bertz CT molecular complexity index is 524. The van der Waals surface area contributed by atoms with Gasteiger partial charge in [-0.1, -0.05) is 5.16 Å². The fourth-order valence-electron chi connectivity index (χ4n) is 1.21. The number of aromatic carboxylic acids is 1. The Morgan fingerprint density at radius 3 is 2.88 bits per heavy atom. The highest BCUT2D eigenvalue weighted by atomic mass is 19.1. The van der Waals surface area contributed by atoms with Crippen LogP contribution in [0.3, 0.4) is 0 Å². The number of hydrogen-bond acceptors (Lipinski definition) is 4. The molecule has 5 nitrogen and oxygen atoms in total. The van der Waals surface area contributed by atoms with Crippen molar-refractivity contribution in [2.45, 2.75) is 6.61 Å². The highest BCUT2D eigenvalue weighted by Gasteiger charge is 2.09. The minimum Gasteiger partial charge on any atom is -0.484 e. The van der Waals surface area contributed by atoms with Gasteiger partial charge in [-0.25, -0.2) is 9.18 Å². The molecule has 0 saturated heterocycles. The van der Waals surface area contributed by atoms with Crippen LogP contribution < -0.4 is 4.74 Å². The van der Waals surface area contributed by atoms with Crippen LogP contribution in [-0.2, 0) is 6.61 Å². The van der Waals surface area contributed by atoms with Crippen LogP contribution in [0.4, 0.5) is 4.39 Å². The fourth-order valence-corrected chi connectivity index (χ4v) is 1.21. The number of carbonyl (C=O) groups is 1. The van der Waals surface area contributed by atoms with Gasteiger partial charge in [-0.3, -0.25) is 0 Å². The molecule has 0 fully saturated rings. The van der Waals surface area contributed by atoms with Gasteiger partial charge < -0.3 is 14.4 Å². The fraction of sp³-hybridized carbons (Fsp3) is 0.0909. The van der Waals surface area contributed by atoms with Crippen LogP contribution in [0.1, 0.15) is 16.1 Å². The number of carboxylic acids is 1. The van der Waals surface area contributed by atoms with Crippen molar-refractivity contribution >= 4 is 5.97 Å². The highest BCUT2D eigenvalue weighted by molar-refractivity contribution is 5.87. The average molecular weight is 237 g/mol. The summed E-state index contributed by atoms with van der Waals surface area (Å²) < 4.78 is 23.1. The van der Waals surface area contributed by atoms with Gasteiger partial charge in [0.1, 0.15) is 18.6 Å². The quantitative estimate of drug-likeness (QED) is 0.881. The number of aromatic nitrogens is 1. The average Bonchev–Trinajstić information content (AvgIpc) is 2.80. The largest absolute Gasteiger partial charge is 0.484 e. The van der Waals surface area contributed by atoms with Crippen molar-refractivity contribution in [1.29, 1.82) is 0 Å². The molecule has 17 heavy (non-hydrogen) atoms. The molecule has 0 saturated carbocycles. The van der Waals surface area contributed by atoms with Crippen LogP contribution in [0.2, 0.25) is 0 Å². The molecule has 1 N–H and O–H groups in total. The molecule has 0 unspecified atom stereocenters. The summed E-state index contributed by atoms with van der Waals surface area (Å²) in [6, 6.07) is 5.02. The number of carboxylic acid groups (broad SMARTS) is 1. The van der Waals surface area contributed by atoms with Crippen molar-refractivity contribution in [3.63, 3.8) is 0 Å². The number of benzene rings is 1. The second kappa shape index (κ2) is 4.65. The Kier molecular flexibility index (Phi) is 3.04. The molecule has 0 spiro atoms. The zero-order chi connectivity index (χ0) is 12.3. The minimum atomic E-state index is -1.19. The van der Waals surface area contributed by atoms with Gasteiger partial charge in [0.2, 0.25) is 0 Å². The Morgan fingerprint density at radius 1 is 1.47 bits per heavy atom. The lowest BCUT2D eigenvalue weighted by atomic mass is 10.2. The first-order valence-electron chi connectivity index (χ1n) is 4.71. The van der Waals surface area contributed by atoms with Crippen molar-refractivity contribution in [2.75, 3.05) is 0 Å². The Balaban J connectivity index is 2.09. The van der Waals surface area contributed by atoms with E-state index in [2.05, 4.69) is 9.68 Å². The smallest absolute Gasteiger partial charge is 0.335 e. The molecule has 0 amide bonds. The minimum absolute atomic E-state index is 0.0296. The normalized spacial score (nSPS) is 10.2. The van der Waals surface area contributed by atoms with E-state index >= 15 is 0 Å². The van der Waals surface area contributed by atoms with Gasteiger partial charge in [-0.15, -0.1) is 0 Å². The number of rotatable bonds is 4. The monoisotopic (exact) mass is 237 g/mol. The first-order valence-corrected chi connectivity index (χ1v) is 4.71. The number of halogens is 1. The standard InChI is InChI=1S/C11H8FNO4/c12-9-5-7(11(14)15)1-2-10(9)16-6-8-3-4-17-13-8/h1-5H,6H2,(H,14,15). The molecule has 6 heteroatoms.